The molecule has 28 heavy (non-hydrogen) atoms. The molecule has 0 aromatic heterocycles. The summed E-state index contributed by atoms with van der Waals surface area (Å²) in [4.78, 5) is 10.5. The Morgan fingerprint density at radius 2 is 1.71 bits per heavy atom. The first-order valence-electron chi connectivity index (χ1n) is 8.13. The lowest BCUT2D eigenvalue weighted by molar-refractivity contribution is -0.137. The topological polar surface area (TPSA) is 174 Å². The largest absolute Gasteiger partial charge is 0.481 e. The molecule has 9 nitrogen and oxygen atoms in total. The van der Waals surface area contributed by atoms with E-state index in [1.54, 1.807) is 19.2 Å². The van der Waals surface area contributed by atoms with Crippen LogP contribution in [0.2, 0.25) is 10.0 Å². The van der Waals surface area contributed by atoms with Crippen LogP contribution in [0.15, 0.2) is 18.2 Å². The molecule has 1 aromatic rings. The monoisotopic (exact) mass is 438 g/mol. The Kier molecular flexibility index (Phi) is 12.9. The number of rotatable bonds is 9. The fourth-order valence-electron chi connectivity index (χ4n) is 2.03. The van der Waals surface area contributed by atoms with Crippen LogP contribution in [-0.2, 0) is 4.79 Å². The first kappa shape index (κ1) is 26.5. The number of halogens is 2. The maximum atomic E-state index is 10.5. The summed E-state index contributed by atoms with van der Waals surface area (Å²) in [5, 5.41) is 65.6. The molecule has 7 N–H and O–H groups in total. The molecule has 1 rings (SSSR count). The van der Waals surface area contributed by atoms with Crippen molar-refractivity contribution in [2.45, 2.75) is 36.8 Å². The molecule has 0 spiro atoms. The fourth-order valence-corrected chi connectivity index (χ4v) is 2.34. The van der Waals surface area contributed by atoms with Gasteiger partial charge >= 0.3 is 5.97 Å². The van der Waals surface area contributed by atoms with Crippen LogP contribution >= 0.6 is 23.2 Å². The van der Waals surface area contributed by atoms with Gasteiger partial charge in [-0.05, 0) is 24.7 Å². The summed E-state index contributed by atoms with van der Waals surface area (Å²) in [6, 6.07) is 6.58. The number of nitrogens with one attached hydrogen (secondary N) is 1. The van der Waals surface area contributed by atoms with Crippen molar-refractivity contribution >= 4 is 29.2 Å². The van der Waals surface area contributed by atoms with Gasteiger partial charge in [0.2, 0.25) is 0 Å². The van der Waals surface area contributed by atoms with Crippen molar-refractivity contribution in [2.75, 3.05) is 20.2 Å². The number of benzene rings is 1. The van der Waals surface area contributed by atoms with Gasteiger partial charge in [0.25, 0.3) is 0 Å². The summed E-state index contributed by atoms with van der Waals surface area (Å²) in [7, 11) is 1.57. The molecule has 0 fully saturated rings. The van der Waals surface area contributed by atoms with E-state index < -0.39 is 42.9 Å². The van der Waals surface area contributed by atoms with Crippen molar-refractivity contribution in [3.63, 3.8) is 0 Å². The maximum Gasteiger partial charge on any atom is 0.305 e. The molecule has 0 aliphatic carbocycles. The molecule has 158 valence electrons. The van der Waals surface area contributed by atoms with Crippen LogP contribution in [0.25, 0.3) is 0 Å². The predicted octanol–water partition coefficient (Wildman–Crippen LogP) is -0.283. The van der Waals surface area contributed by atoms with E-state index in [4.69, 9.17) is 54.0 Å². The minimum Gasteiger partial charge on any atom is -0.481 e. The summed E-state index contributed by atoms with van der Waals surface area (Å²) in [6.45, 7) is -0.569. The molecule has 0 bridgehead atoms. The van der Waals surface area contributed by atoms with Gasteiger partial charge in [-0.15, -0.1) is 0 Å². The molecule has 0 radical (unpaired) electrons. The lowest BCUT2D eigenvalue weighted by Gasteiger charge is -2.25. The van der Waals surface area contributed by atoms with Crippen molar-refractivity contribution in [1.82, 2.24) is 5.32 Å². The van der Waals surface area contributed by atoms with Gasteiger partial charge in [0.15, 0.2) is 0 Å². The molecule has 1 aromatic carbocycles. The summed E-state index contributed by atoms with van der Waals surface area (Å²) >= 11 is 11.5. The zero-order valence-electron chi connectivity index (χ0n) is 15.0. The van der Waals surface area contributed by atoms with Crippen LogP contribution in [0.3, 0.4) is 0 Å². The van der Waals surface area contributed by atoms with Gasteiger partial charge in [-0.25, -0.2) is 0 Å². The highest BCUT2D eigenvalue weighted by molar-refractivity contribution is 6.42. The summed E-state index contributed by atoms with van der Waals surface area (Å²) in [6.07, 6.45) is -5.89. The molecule has 0 amide bonds. The van der Waals surface area contributed by atoms with E-state index in [0.29, 0.717) is 15.6 Å². The first-order chi connectivity index (χ1) is 13.1. The van der Waals surface area contributed by atoms with Crippen molar-refractivity contribution in [3.05, 3.63) is 33.8 Å². The molecular formula is C17H24Cl2N2O7. The normalized spacial score (nSPS) is 16.0. The highest BCUT2D eigenvalue weighted by atomic mass is 35.5. The van der Waals surface area contributed by atoms with Crippen LogP contribution in [0.5, 0.6) is 0 Å². The first-order valence-corrected chi connectivity index (χ1v) is 8.88. The lowest BCUT2D eigenvalue weighted by Crippen LogP contribution is -2.48. The minimum atomic E-state index is -1.55. The number of carboxylic acid groups (broad SMARTS) is 1. The average Bonchev–Trinajstić information content (AvgIpc) is 2.66. The molecular weight excluding hydrogens is 415 g/mol. The number of carboxylic acids is 1. The zero-order chi connectivity index (χ0) is 21.9. The van der Waals surface area contributed by atoms with E-state index >= 15 is 0 Å². The van der Waals surface area contributed by atoms with Crippen LogP contribution in [0.4, 0.5) is 0 Å². The van der Waals surface area contributed by atoms with Crippen LogP contribution < -0.4 is 5.32 Å². The van der Waals surface area contributed by atoms with Crippen LogP contribution in [0.1, 0.15) is 17.9 Å². The van der Waals surface area contributed by atoms with E-state index in [9.17, 15) is 9.90 Å². The van der Waals surface area contributed by atoms with E-state index in [0.717, 1.165) is 0 Å². The number of aliphatic hydroxyl groups is 5. The number of likely N-dealkylation sites (N-methyl/N-ethyl adjacent to an activating group) is 1. The Bertz CT molecular complexity index is 657. The van der Waals surface area contributed by atoms with Gasteiger partial charge in [0.1, 0.15) is 18.3 Å². The van der Waals surface area contributed by atoms with Crippen molar-refractivity contribution < 1.29 is 35.4 Å². The smallest absolute Gasteiger partial charge is 0.305 e. The highest BCUT2D eigenvalue weighted by Gasteiger charge is 2.29. The van der Waals surface area contributed by atoms with Gasteiger partial charge in [-0.2, -0.15) is 5.26 Å². The number of aliphatic hydroxyl groups excluding tert-OH is 5. The van der Waals surface area contributed by atoms with Crippen LogP contribution in [-0.4, -0.2) is 81.2 Å². The Labute approximate surface area is 172 Å². The molecule has 0 saturated heterocycles. The van der Waals surface area contributed by atoms with Crippen molar-refractivity contribution in [2.24, 2.45) is 0 Å². The highest BCUT2D eigenvalue weighted by Crippen LogP contribution is 2.27. The lowest BCUT2D eigenvalue weighted by atomic mass is 9.97. The molecule has 0 saturated carbocycles. The number of nitriles is 1. The van der Waals surface area contributed by atoms with Crippen molar-refractivity contribution in [1.29, 1.82) is 5.26 Å². The summed E-state index contributed by atoms with van der Waals surface area (Å²) < 4.78 is 0. The standard InChI is InChI=1S/C10H7Cl2NO2.C7H17NO5/c11-8-2-1-6(3-9(8)12)7(5-13)4-10(14)15;1-8-2-4(10)6(12)7(13)5(11)3-9/h1-3,7H,4H2,(H,14,15);4-13H,2-3H2,1H3/t;4-,5+,6+,7+/m.0/s1. The minimum absolute atomic E-state index is 0.0936. The number of carbonyl (C=O) groups is 1. The number of hydrogen-bond acceptors (Lipinski definition) is 8. The van der Waals surface area contributed by atoms with Crippen LogP contribution in [0, 0.1) is 11.3 Å². The quantitative estimate of drug-likeness (QED) is 0.273. The Hall–Kier alpha value is -1.48. The predicted molar refractivity (Wildman–Crippen MR) is 102 cm³/mol. The summed E-state index contributed by atoms with van der Waals surface area (Å²) in [5.74, 6) is -1.72. The van der Waals surface area contributed by atoms with Gasteiger partial charge in [0, 0.05) is 6.54 Å². The molecule has 1 unspecified atom stereocenters. The van der Waals surface area contributed by atoms with Gasteiger partial charge in [-0.3, -0.25) is 4.79 Å². The Morgan fingerprint density at radius 3 is 2.14 bits per heavy atom. The Morgan fingerprint density at radius 1 is 1.14 bits per heavy atom. The third kappa shape index (κ3) is 9.14. The number of hydrogen-bond donors (Lipinski definition) is 7. The van der Waals surface area contributed by atoms with E-state index in [1.807, 2.05) is 6.07 Å². The molecule has 0 aliphatic rings. The second kappa shape index (κ2) is 13.7. The van der Waals surface area contributed by atoms with Gasteiger partial charge in [0.05, 0.1) is 41.2 Å². The van der Waals surface area contributed by atoms with Gasteiger partial charge in [-0.1, -0.05) is 29.3 Å². The third-order valence-corrected chi connectivity index (χ3v) is 4.36. The maximum absolute atomic E-state index is 10.5. The number of aliphatic carboxylic acids is 1. The molecule has 0 aliphatic heterocycles. The zero-order valence-corrected chi connectivity index (χ0v) is 16.5. The van der Waals surface area contributed by atoms with Gasteiger partial charge < -0.3 is 36.0 Å². The van der Waals surface area contributed by atoms with E-state index in [1.165, 1.54) is 6.07 Å². The molecule has 11 heteroatoms. The van der Waals surface area contributed by atoms with E-state index in [2.05, 4.69) is 5.32 Å². The third-order valence-electron chi connectivity index (χ3n) is 3.62. The van der Waals surface area contributed by atoms with Crippen molar-refractivity contribution in [3.8, 4) is 6.07 Å². The second-order valence-electron chi connectivity index (χ2n) is 5.81. The van der Waals surface area contributed by atoms with E-state index in [-0.39, 0.29) is 13.0 Å². The SMILES string of the molecule is CNC[C@H](O)[C@@H](O)[C@H](O)[C@H](O)CO.N#CC(CC(=O)O)c1ccc(Cl)c(Cl)c1. The Balaban J connectivity index is 0.000000528. The summed E-state index contributed by atoms with van der Waals surface area (Å²) in [5.41, 5.74) is 0.564. The second-order valence-corrected chi connectivity index (χ2v) is 6.62. The molecule has 5 atom stereocenters. The average molecular weight is 439 g/mol. The molecule has 0 heterocycles. The number of nitrogens with zero attached hydrogens (tertiary/aromatic N) is 1. The fraction of sp³-hybridized carbons (Fsp3) is 0.529.